The van der Waals surface area contributed by atoms with Crippen LogP contribution in [0.3, 0.4) is 0 Å². The number of nitrogens with one attached hydrogen (secondary N) is 2. The van der Waals surface area contributed by atoms with Crippen LogP contribution >= 0.6 is 11.6 Å². The number of rotatable bonds is 7. The van der Waals surface area contributed by atoms with Crippen LogP contribution in [0, 0.1) is 0 Å². The van der Waals surface area contributed by atoms with E-state index in [4.69, 9.17) is 16.3 Å². The molecule has 4 rings (SSSR count). The molecule has 0 spiro atoms. The Kier molecular flexibility index (Phi) is 8.00. The molecule has 3 aromatic carbocycles. The van der Waals surface area contributed by atoms with Crippen LogP contribution in [0.5, 0.6) is 0 Å². The van der Waals surface area contributed by atoms with Crippen molar-refractivity contribution in [3.63, 3.8) is 0 Å². The molecule has 188 valence electrons. The summed E-state index contributed by atoms with van der Waals surface area (Å²) in [5.74, 6) is -1.85. The molecule has 8 nitrogen and oxygen atoms in total. The lowest BCUT2D eigenvalue weighted by atomic mass is 10.0. The highest BCUT2D eigenvalue weighted by Gasteiger charge is 2.37. The molecule has 1 atom stereocenters. The second-order valence-corrected chi connectivity index (χ2v) is 8.60. The Bertz CT molecular complexity index is 1350. The number of halogens is 1. The van der Waals surface area contributed by atoms with Gasteiger partial charge >= 0.3 is 5.97 Å². The topological polar surface area (TPSA) is 105 Å². The molecule has 37 heavy (non-hydrogen) atoms. The molecule has 3 amide bonds. The van der Waals surface area contributed by atoms with Gasteiger partial charge in [0.2, 0.25) is 11.8 Å². The summed E-state index contributed by atoms with van der Waals surface area (Å²) in [5, 5.41) is 6.06. The fraction of sp³-hybridized carbons (Fsp3) is 0.143. The molecule has 0 unspecified atom stereocenters. The van der Waals surface area contributed by atoms with Gasteiger partial charge < -0.3 is 15.4 Å². The summed E-state index contributed by atoms with van der Waals surface area (Å²) in [6.07, 6.45) is 2.70. The van der Waals surface area contributed by atoms with E-state index >= 15 is 0 Å². The zero-order chi connectivity index (χ0) is 26.4. The van der Waals surface area contributed by atoms with E-state index in [1.54, 1.807) is 73.7 Å². The molecule has 1 aliphatic heterocycles. The number of nitrogens with zero attached hydrogens (tertiary/aromatic N) is 1. The molecule has 0 saturated heterocycles. The van der Waals surface area contributed by atoms with Gasteiger partial charge in [-0.05, 0) is 67.1 Å². The fourth-order valence-corrected chi connectivity index (χ4v) is 3.99. The number of hydrogen-bond acceptors (Lipinski definition) is 5. The molecule has 0 aliphatic carbocycles. The minimum atomic E-state index is -1.07. The van der Waals surface area contributed by atoms with E-state index in [9.17, 15) is 19.2 Å². The molecule has 0 aromatic heterocycles. The first kappa shape index (κ1) is 25.7. The van der Waals surface area contributed by atoms with Crippen molar-refractivity contribution in [1.29, 1.82) is 0 Å². The number of amides is 3. The van der Waals surface area contributed by atoms with E-state index < -0.39 is 29.7 Å². The van der Waals surface area contributed by atoms with Gasteiger partial charge in [-0.3, -0.25) is 19.3 Å². The highest BCUT2D eigenvalue weighted by molar-refractivity contribution is 6.30. The molecule has 9 heteroatoms. The number of carbonyl (C=O) groups excluding carboxylic acids is 4. The fourth-order valence-electron chi connectivity index (χ4n) is 3.86. The maximum absolute atomic E-state index is 13.3. The minimum Gasteiger partial charge on any atom is -0.462 e. The van der Waals surface area contributed by atoms with Gasteiger partial charge in [0, 0.05) is 16.8 Å². The number of benzene rings is 3. The lowest BCUT2D eigenvalue weighted by molar-refractivity contribution is -0.124. The second-order valence-electron chi connectivity index (χ2n) is 8.17. The molecule has 3 aromatic rings. The number of hydrogen-bond donors (Lipinski definition) is 2. The Morgan fingerprint density at radius 2 is 1.73 bits per heavy atom. The summed E-state index contributed by atoms with van der Waals surface area (Å²) < 4.78 is 4.96. The van der Waals surface area contributed by atoms with E-state index in [2.05, 4.69) is 10.6 Å². The van der Waals surface area contributed by atoms with Crippen LogP contribution in [0.15, 0.2) is 78.9 Å². The van der Waals surface area contributed by atoms with E-state index in [1.165, 1.54) is 23.1 Å². The van der Waals surface area contributed by atoms with Gasteiger partial charge in [-0.1, -0.05) is 35.9 Å². The molecule has 0 bridgehead atoms. The zero-order valence-electron chi connectivity index (χ0n) is 19.9. The molecular formula is C28H24ClN3O5. The van der Waals surface area contributed by atoms with Gasteiger partial charge in [0.25, 0.3) is 5.91 Å². The maximum atomic E-state index is 13.3. The lowest BCUT2D eigenvalue weighted by Crippen LogP contribution is -2.52. The number of anilines is 3. The van der Waals surface area contributed by atoms with E-state index in [0.717, 1.165) is 5.56 Å². The van der Waals surface area contributed by atoms with Gasteiger partial charge in [-0.15, -0.1) is 0 Å². The van der Waals surface area contributed by atoms with Gasteiger partial charge in [0.15, 0.2) is 0 Å². The zero-order valence-corrected chi connectivity index (χ0v) is 20.7. The monoisotopic (exact) mass is 517 g/mol. The highest BCUT2D eigenvalue weighted by atomic mass is 35.5. The molecule has 0 saturated carbocycles. The molecule has 2 N–H and O–H groups in total. The summed E-state index contributed by atoms with van der Waals surface area (Å²) in [4.78, 5) is 52.3. The van der Waals surface area contributed by atoms with Gasteiger partial charge in [0.05, 0.1) is 30.0 Å². The molecular weight excluding hydrogens is 494 g/mol. The Labute approximate surface area is 218 Å². The number of fused-ring (bicyclic) bond motifs is 1. The van der Waals surface area contributed by atoms with E-state index in [1.807, 2.05) is 0 Å². The van der Waals surface area contributed by atoms with Crippen LogP contribution in [-0.4, -0.2) is 36.3 Å². The van der Waals surface area contributed by atoms with E-state index in [-0.39, 0.29) is 13.0 Å². The van der Waals surface area contributed by atoms with Gasteiger partial charge in [-0.25, -0.2) is 4.79 Å². The van der Waals surface area contributed by atoms with Crippen molar-refractivity contribution >= 4 is 58.4 Å². The van der Waals surface area contributed by atoms with Crippen LogP contribution in [0.4, 0.5) is 17.1 Å². The normalized spacial score (nSPS) is 14.6. The van der Waals surface area contributed by atoms with Crippen LogP contribution < -0.4 is 15.5 Å². The van der Waals surface area contributed by atoms with Crippen molar-refractivity contribution in [2.45, 2.75) is 19.4 Å². The molecule has 1 aliphatic rings. The van der Waals surface area contributed by atoms with Crippen LogP contribution in [0.1, 0.15) is 29.3 Å². The van der Waals surface area contributed by atoms with Crippen molar-refractivity contribution in [2.75, 3.05) is 22.1 Å². The summed E-state index contributed by atoms with van der Waals surface area (Å²) in [5.41, 5.74) is 2.52. The summed E-state index contributed by atoms with van der Waals surface area (Å²) >= 11 is 5.93. The van der Waals surface area contributed by atoms with Crippen molar-refractivity contribution in [1.82, 2.24) is 0 Å². The average molecular weight is 518 g/mol. The predicted molar refractivity (Wildman–Crippen MR) is 142 cm³/mol. The lowest BCUT2D eigenvalue weighted by Gasteiger charge is -2.35. The molecule has 1 heterocycles. The Morgan fingerprint density at radius 1 is 1.03 bits per heavy atom. The first-order valence-corrected chi connectivity index (χ1v) is 12.0. The van der Waals surface area contributed by atoms with Crippen molar-refractivity contribution in [3.05, 3.63) is 95.0 Å². The average Bonchev–Trinajstić information content (AvgIpc) is 2.89. The summed E-state index contributed by atoms with van der Waals surface area (Å²) in [6, 6.07) is 19.0. The Morgan fingerprint density at radius 3 is 2.43 bits per heavy atom. The van der Waals surface area contributed by atoms with Crippen molar-refractivity contribution in [2.24, 2.45) is 0 Å². The Balaban J connectivity index is 1.53. The number of para-hydroxylation sites is 2. The third kappa shape index (κ3) is 6.23. The Hall–Kier alpha value is -4.43. The number of esters is 1. The van der Waals surface area contributed by atoms with Crippen LogP contribution in [-0.2, 0) is 19.1 Å². The molecule has 0 radical (unpaired) electrons. The standard InChI is InChI=1S/C28H24ClN3O5/c1-2-37-28(36)19-10-14-21(15-11-19)30-25(33)17-24-27(35)31-22-5-3-4-6-23(22)32(24)26(34)16-9-18-7-12-20(29)13-8-18/h3-16,24H,2,17H2,1H3,(H,30,33)(H,31,35)/b16-9+/t24-/m1/s1. The van der Waals surface area contributed by atoms with Crippen molar-refractivity contribution < 1.29 is 23.9 Å². The summed E-state index contributed by atoms with van der Waals surface area (Å²) in [7, 11) is 0. The van der Waals surface area contributed by atoms with Gasteiger partial charge in [-0.2, -0.15) is 0 Å². The van der Waals surface area contributed by atoms with Crippen LogP contribution in [0.2, 0.25) is 5.02 Å². The second kappa shape index (κ2) is 11.5. The predicted octanol–water partition coefficient (Wildman–Crippen LogP) is 4.91. The first-order valence-electron chi connectivity index (χ1n) is 11.6. The number of carbonyl (C=O) groups is 4. The quantitative estimate of drug-likeness (QED) is 0.342. The van der Waals surface area contributed by atoms with Gasteiger partial charge in [0.1, 0.15) is 6.04 Å². The van der Waals surface area contributed by atoms with Crippen molar-refractivity contribution in [3.8, 4) is 0 Å². The third-order valence-electron chi connectivity index (χ3n) is 5.62. The molecule has 0 fully saturated rings. The third-order valence-corrected chi connectivity index (χ3v) is 5.87. The maximum Gasteiger partial charge on any atom is 0.338 e. The SMILES string of the molecule is CCOC(=O)c1ccc(NC(=O)C[C@@H]2C(=O)Nc3ccccc3N2C(=O)/C=C/c2ccc(Cl)cc2)cc1. The summed E-state index contributed by atoms with van der Waals surface area (Å²) in [6.45, 7) is 1.97. The highest BCUT2D eigenvalue weighted by Crippen LogP contribution is 2.33. The largest absolute Gasteiger partial charge is 0.462 e. The first-order chi connectivity index (χ1) is 17.9. The number of ether oxygens (including phenoxy) is 1. The van der Waals surface area contributed by atoms with Crippen LogP contribution in [0.25, 0.3) is 6.08 Å². The van der Waals surface area contributed by atoms with E-state index in [0.29, 0.717) is 27.6 Å². The smallest absolute Gasteiger partial charge is 0.338 e. The minimum absolute atomic E-state index is 0.258.